The van der Waals surface area contributed by atoms with Crippen molar-refractivity contribution in [3.05, 3.63) is 34.9 Å². The van der Waals surface area contributed by atoms with Crippen LogP contribution in [0.1, 0.15) is 30.0 Å². The van der Waals surface area contributed by atoms with Crippen LogP contribution >= 0.6 is 0 Å². The highest BCUT2D eigenvalue weighted by atomic mass is 16.5. The molecule has 1 aromatic rings. The highest BCUT2D eigenvalue weighted by Crippen LogP contribution is 2.31. The van der Waals surface area contributed by atoms with Crippen LogP contribution in [0.15, 0.2) is 18.2 Å². The standard InChI is InChI=1S/C17H27NO2/c1-13-8-9-16(17(20-5)15(13)3)14(2)7-6-10-18-11-12-19-4/h7-9,18H,6,10-12H2,1-5H3/b14-7-. The number of hydrogen-bond acceptors (Lipinski definition) is 3. The monoisotopic (exact) mass is 277 g/mol. The lowest BCUT2D eigenvalue weighted by Crippen LogP contribution is -2.19. The average Bonchev–Trinajstić information content (AvgIpc) is 2.45. The van der Waals surface area contributed by atoms with Gasteiger partial charge in [-0.25, -0.2) is 0 Å². The molecule has 0 aliphatic carbocycles. The van der Waals surface area contributed by atoms with Gasteiger partial charge in [0.05, 0.1) is 13.7 Å². The zero-order valence-electron chi connectivity index (χ0n) is 13.4. The van der Waals surface area contributed by atoms with Gasteiger partial charge < -0.3 is 14.8 Å². The maximum absolute atomic E-state index is 5.56. The van der Waals surface area contributed by atoms with Crippen LogP contribution < -0.4 is 10.1 Å². The van der Waals surface area contributed by atoms with E-state index >= 15 is 0 Å². The minimum Gasteiger partial charge on any atom is -0.496 e. The predicted molar refractivity (Wildman–Crippen MR) is 85.5 cm³/mol. The molecular formula is C17H27NO2. The van der Waals surface area contributed by atoms with Gasteiger partial charge in [-0.2, -0.15) is 0 Å². The largest absolute Gasteiger partial charge is 0.496 e. The first-order chi connectivity index (χ1) is 9.61. The Morgan fingerprint density at radius 3 is 2.60 bits per heavy atom. The van der Waals surface area contributed by atoms with Crippen molar-refractivity contribution in [2.24, 2.45) is 0 Å². The van der Waals surface area contributed by atoms with Gasteiger partial charge in [-0.1, -0.05) is 18.2 Å². The molecule has 1 rings (SSSR count). The quantitative estimate of drug-likeness (QED) is 0.739. The molecule has 0 atom stereocenters. The van der Waals surface area contributed by atoms with Crippen molar-refractivity contribution in [1.29, 1.82) is 0 Å². The second kappa shape index (κ2) is 8.77. The number of allylic oxidation sites excluding steroid dienone is 1. The molecule has 20 heavy (non-hydrogen) atoms. The van der Waals surface area contributed by atoms with E-state index in [0.29, 0.717) is 0 Å². The smallest absolute Gasteiger partial charge is 0.129 e. The van der Waals surface area contributed by atoms with E-state index in [1.165, 1.54) is 22.3 Å². The maximum Gasteiger partial charge on any atom is 0.129 e. The fourth-order valence-corrected chi connectivity index (χ4v) is 2.16. The minimum absolute atomic E-state index is 0.758. The molecule has 1 N–H and O–H groups in total. The molecular weight excluding hydrogens is 250 g/mol. The van der Waals surface area contributed by atoms with Gasteiger partial charge in [-0.15, -0.1) is 0 Å². The number of aryl methyl sites for hydroxylation is 1. The Balaban J connectivity index is 2.67. The second-order valence-electron chi connectivity index (χ2n) is 5.01. The van der Waals surface area contributed by atoms with E-state index < -0.39 is 0 Å². The van der Waals surface area contributed by atoms with E-state index in [1.54, 1.807) is 14.2 Å². The van der Waals surface area contributed by atoms with E-state index in [0.717, 1.165) is 31.9 Å². The molecule has 1 aromatic carbocycles. The van der Waals surface area contributed by atoms with Crippen LogP contribution in [0.25, 0.3) is 5.57 Å². The van der Waals surface area contributed by atoms with Gasteiger partial charge in [0.25, 0.3) is 0 Å². The summed E-state index contributed by atoms with van der Waals surface area (Å²) in [6, 6.07) is 4.30. The van der Waals surface area contributed by atoms with E-state index in [-0.39, 0.29) is 0 Å². The Morgan fingerprint density at radius 1 is 1.20 bits per heavy atom. The summed E-state index contributed by atoms with van der Waals surface area (Å²) in [6.45, 7) is 8.98. The molecule has 0 bridgehead atoms. The number of benzene rings is 1. The number of methoxy groups -OCH3 is 2. The summed E-state index contributed by atoms with van der Waals surface area (Å²) in [5, 5.41) is 3.34. The van der Waals surface area contributed by atoms with E-state index in [4.69, 9.17) is 9.47 Å². The van der Waals surface area contributed by atoms with E-state index in [1.807, 2.05) is 0 Å². The Morgan fingerprint density at radius 2 is 1.95 bits per heavy atom. The lowest BCUT2D eigenvalue weighted by atomic mass is 9.99. The molecule has 3 nitrogen and oxygen atoms in total. The molecule has 0 fully saturated rings. The fraction of sp³-hybridized carbons (Fsp3) is 0.529. The van der Waals surface area contributed by atoms with Crippen molar-refractivity contribution in [1.82, 2.24) is 5.32 Å². The molecule has 0 aromatic heterocycles. The summed E-state index contributed by atoms with van der Waals surface area (Å²) in [6.07, 6.45) is 3.26. The van der Waals surface area contributed by atoms with Crippen molar-refractivity contribution in [3.8, 4) is 5.75 Å². The SMILES string of the molecule is COCCNCC/C=C(/C)c1ccc(C)c(C)c1OC. The van der Waals surface area contributed by atoms with Crippen LogP contribution in [-0.2, 0) is 4.74 Å². The van der Waals surface area contributed by atoms with Crippen molar-refractivity contribution in [3.63, 3.8) is 0 Å². The average molecular weight is 277 g/mol. The summed E-state index contributed by atoms with van der Waals surface area (Å²) in [4.78, 5) is 0. The Bertz CT molecular complexity index is 453. The molecule has 0 heterocycles. The first-order valence-electron chi connectivity index (χ1n) is 7.12. The third kappa shape index (κ3) is 4.66. The van der Waals surface area contributed by atoms with Gasteiger partial charge in [0.15, 0.2) is 0 Å². The summed E-state index contributed by atoms with van der Waals surface area (Å²) >= 11 is 0. The van der Waals surface area contributed by atoms with Gasteiger partial charge in [0, 0.05) is 19.2 Å². The number of hydrogen-bond donors (Lipinski definition) is 1. The molecule has 0 unspecified atom stereocenters. The molecule has 0 radical (unpaired) electrons. The van der Waals surface area contributed by atoms with Crippen LogP contribution in [0.2, 0.25) is 0 Å². The Hall–Kier alpha value is -1.32. The highest BCUT2D eigenvalue weighted by molar-refractivity contribution is 5.71. The molecule has 0 saturated heterocycles. The van der Waals surface area contributed by atoms with Crippen LogP contribution in [0.5, 0.6) is 5.75 Å². The zero-order chi connectivity index (χ0) is 15.0. The fourth-order valence-electron chi connectivity index (χ4n) is 2.16. The number of ether oxygens (including phenoxy) is 2. The van der Waals surface area contributed by atoms with Gasteiger partial charge in [-0.3, -0.25) is 0 Å². The number of nitrogens with one attached hydrogen (secondary N) is 1. The van der Waals surface area contributed by atoms with Crippen LogP contribution in [0.3, 0.4) is 0 Å². The second-order valence-corrected chi connectivity index (χ2v) is 5.01. The lowest BCUT2D eigenvalue weighted by molar-refractivity contribution is 0.199. The molecule has 0 spiro atoms. The van der Waals surface area contributed by atoms with Crippen LogP contribution in [0, 0.1) is 13.8 Å². The summed E-state index contributed by atoms with van der Waals surface area (Å²) in [5.74, 6) is 0.992. The van der Waals surface area contributed by atoms with Crippen molar-refractivity contribution in [2.75, 3.05) is 33.9 Å². The predicted octanol–water partition coefficient (Wildman–Crippen LogP) is 3.34. The number of rotatable bonds is 8. The highest BCUT2D eigenvalue weighted by Gasteiger charge is 2.09. The maximum atomic E-state index is 5.56. The molecule has 0 amide bonds. The summed E-state index contributed by atoms with van der Waals surface area (Å²) in [7, 11) is 3.46. The third-order valence-corrected chi connectivity index (χ3v) is 3.56. The van der Waals surface area contributed by atoms with Gasteiger partial charge in [-0.05, 0) is 50.4 Å². The minimum atomic E-state index is 0.758. The Labute approximate surface area is 123 Å². The normalized spacial score (nSPS) is 11.8. The first-order valence-corrected chi connectivity index (χ1v) is 7.12. The molecule has 3 heteroatoms. The molecule has 0 saturated carbocycles. The Kier molecular flexibility index (Phi) is 7.34. The van der Waals surface area contributed by atoms with Crippen molar-refractivity contribution in [2.45, 2.75) is 27.2 Å². The summed E-state index contributed by atoms with van der Waals surface area (Å²) in [5.41, 5.74) is 4.93. The van der Waals surface area contributed by atoms with Gasteiger partial charge >= 0.3 is 0 Å². The first kappa shape index (κ1) is 16.7. The third-order valence-electron chi connectivity index (χ3n) is 3.56. The van der Waals surface area contributed by atoms with Gasteiger partial charge in [0.1, 0.15) is 5.75 Å². The molecule has 0 aliphatic heterocycles. The topological polar surface area (TPSA) is 30.5 Å². The lowest BCUT2D eigenvalue weighted by Gasteiger charge is -2.14. The van der Waals surface area contributed by atoms with Gasteiger partial charge in [0.2, 0.25) is 0 Å². The van der Waals surface area contributed by atoms with E-state index in [9.17, 15) is 0 Å². The van der Waals surface area contributed by atoms with E-state index in [2.05, 4.69) is 44.3 Å². The molecule has 112 valence electrons. The zero-order valence-corrected chi connectivity index (χ0v) is 13.4. The van der Waals surface area contributed by atoms with Crippen LogP contribution in [-0.4, -0.2) is 33.9 Å². The van der Waals surface area contributed by atoms with Crippen molar-refractivity contribution < 1.29 is 9.47 Å². The summed E-state index contributed by atoms with van der Waals surface area (Å²) < 4.78 is 10.6. The molecule has 0 aliphatic rings. The van der Waals surface area contributed by atoms with Crippen LogP contribution in [0.4, 0.5) is 0 Å². The van der Waals surface area contributed by atoms with Crippen molar-refractivity contribution >= 4 is 5.57 Å².